The van der Waals surface area contributed by atoms with E-state index >= 15 is 0 Å². The molecule has 0 saturated heterocycles. The molecule has 5 aromatic rings. The molecule has 0 radical (unpaired) electrons. The number of fused-ring (bicyclic) bond motifs is 4. The van der Waals surface area contributed by atoms with Gasteiger partial charge < -0.3 is 0 Å². The molecule has 4 aromatic carbocycles. The maximum atomic E-state index is 13.3. The quantitative estimate of drug-likeness (QED) is 0.131. The van der Waals surface area contributed by atoms with Crippen LogP contribution in [0.2, 0.25) is 0 Å². The monoisotopic (exact) mass is 545 g/mol. The number of carbonyl (C=O) groups is 2. The molecule has 0 spiro atoms. The predicted molar refractivity (Wildman–Crippen MR) is 151 cm³/mol. The van der Waals surface area contributed by atoms with Crippen LogP contribution in [0.5, 0.6) is 0 Å². The fourth-order valence-electron chi connectivity index (χ4n) is 5.73. The van der Waals surface area contributed by atoms with Gasteiger partial charge in [0.25, 0.3) is 0 Å². The number of hydrogen-bond donors (Lipinski definition) is 0. The number of hydrogen-bond acceptors (Lipinski definition) is 3. The molecular weight excluding hydrogens is 521 g/mol. The number of benzene rings is 4. The van der Waals surface area contributed by atoms with E-state index in [1.165, 1.54) is 27.1 Å². The van der Waals surface area contributed by atoms with Crippen LogP contribution >= 0.6 is 0 Å². The van der Waals surface area contributed by atoms with E-state index in [9.17, 15) is 9.59 Å². The number of para-hydroxylation sites is 2. The van der Waals surface area contributed by atoms with Crippen molar-refractivity contribution in [3.63, 3.8) is 0 Å². The maximum absolute atomic E-state index is 13.3. The third kappa shape index (κ3) is 3.26. The molecule has 37 heavy (non-hydrogen) atoms. The van der Waals surface area contributed by atoms with E-state index in [0.717, 1.165) is 15.2 Å². The van der Waals surface area contributed by atoms with Crippen molar-refractivity contribution in [2.75, 3.05) is 4.90 Å². The average molecular weight is 545 g/mol. The minimum absolute atomic E-state index is 0.0608. The summed E-state index contributed by atoms with van der Waals surface area (Å²) in [5.74, 6) is -0.349. The average Bonchev–Trinajstić information content (AvgIpc) is 3.46. The molecule has 1 aliphatic heterocycles. The first-order valence-corrected chi connectivity index (χ1v) is 14.1. The summed E-state index contributed by atoms with van der Waals surface area (Å²) >= 11 is -0.0608. The molecular formula is C33H23NO2Se. The standard InChI is InChI=1S/C33H23NO2Se/c1-33(2)26-11-5-7-13-28(26)34(29-14-8-6-12-27(29)33)30-16-15-22(37-30)19-25-31(35)23-17-20-9-3-4-10-21(20)18-24(23)32(25)36/h3-19H,1-2H3. The molecule has 178 valence electrons. The Balaban J connectivity index is 1.31. The number of allylic oxidation sites excluding steroid dienone is 1. The molecule has 0 saturated carbocycles. The Morgan fingerprint density at radius 1 is 0.676 bits per heavy atom. The second-order valence-electron chi connectivity index (χ2n) is 10.1. The van der Waals surface area contributed by atoms with Crippen molar-refractivity contribution < 1.29 is 9.59 Å². The van der Waals surface area contributed by atoms with Gasteiger partial charge in [0.2, 0.25) is 0 Å². The molecule has 4 heteroatoms. The molecule has 3 nitrogen and oxygen atoms in total. The summed E-state index contributed by atoms with van der Waals surface area (Å²) in [5.41, 5.74) is 6.15. The second-order valence-corrected chi connectivity index (χ2v) is 12.4. The van der Waals surface area contributed by atoms with Gasteiger partial charge in [-0.05, 0) is 0 Å². The molecule has 1 aliphatic carbocycles. The van der Waals surface area contributed by atoms with Gasteiger partial charge in [0, 0.05) is 0 Å². The van der Waals surface area contributed by atoms with Gasteiger partial charge in [0.05, 0.1) is 0 Å². The van der Waals surface area contributed by atoms with E-state index in [1.54, 1.807) is 0 Å². The van der Waals surface area contributed by atoms with Crippen LogP contribution < -0.4 is 4.90 Å². The number of carbonyl (C=O) groups excluding carboxylic acids is 2. The van der Waals surface area contributed by atoms with Crippen LogP contribution in [0.3, 0.4) is 0 Å². The van der Waals surface area contributed by atoms with Gasteiger partial charge in [-0.25, -0.2) is 0 Å². The van der Waals surface area contributed by atoms with Gasteiger partial charge in [-0.2, -0.15) is 0 Å². The van der Waals surface area contributed by atoms with Crippen molar-refractivity contribution in [1.29, 1.82) is 0 Å². The van der Waals surface area contributed by atoms with Crippen LogP contribution in [0, 0.1) is 0 Å². The van der Waals surface area contributed by atoms with Gasteiger partial charge >= 0.3 is 222 Å². The first-order chi connectivity index (χ1) is 17.9. The summed E-state index contributed by atoms with van der Waals surface area (Å²) in [6.07, 6.45) is 1.82. The summed E-state index contributed by atoms with van der Waals surface area (Å²) in [7, 11) is 0. The van der Waals surface area contributed by atoms with E-state index in [1.807, 2.05) is 42.5 Å². The van der Waals surface area contributed by atoms with Gasteiger partial charge in [-0.1, -0.05) is 0 Å². The van der Waals surface area contributed by atoms with Crippen molar-refractivity contribution in [2.45, 2.75) is 19.3 Å². The van der Waals surface area contributed by atoms with E-state index in [4.69, 9.17) is 0 Å². The van der Waals surface area contributed by atoms with Crippen LogP contribution in [-0.4, -0.2) is 26.1 Å². The second kappa shape index (κ2) is 8.01. The van der Waals surface area contributed by atoms with E-state index < -0.39 is 0 Å². The van der Waals surface area contributed by atoms with Crippen molar-refractivity contribution in [2.24, 2.45) is 0 Å². The molecule has 1 aromatic heterocycles. The summed E-state index contributed by atoms with van der Waals surface area (Å²) < 4.78 is 2.22. The summed E-state index contributed by atoms with van der Waals surface area (Å²) in [4.78, 5) is 28.9. The normalized spacial score (nSPS) is 15.5. The molecule has 0 bridgehead atoms. The van der Waals surface area contributed by atoms with E-state index in [0.29, 0.717) is 11.1 Å². The Morgan fingerprint density at radius 3 is 1.76 bits per heavy atom. The first kappa shape index (κ1) is 22.2. The zero-order chi connectivity index (χ0) is 25.3. The number of Topliss-reactive ketones (excluding diaryl/α,β-unsaturated/α-hetero) is 2. The van der Waals surface area contributed by atoms with Crippen molar-refractivity contribution in [1.82, 2.24) is 0 Å². The summed E-state index contributed by atoms with van der Waals surface area (Å²) in [6.45, 7) is 4.56. The fraction of sp³-hybridized carbons (Fsp3) is 0.0909. The van der Waals surface area contributed by atoms with Crippen LogP contribution in [0.4, 0.5) is 15.9 Å². The van der Waals surface area contributed by atoms with Crippen LogP contribution in [0.15, 0.2) is 103 Å². The van der Waals surface area contributed by atoms with Crippen molar-refractivity contribution >= 4 is 58.9 Å². The topological polar surface area (TPSA) is 37.4 Å². The van der Waals surface area contributed by atoms with Crippen LogP contribution in [0.25, 0.3) is 16.8 Å². The van der Waals surface area contributed by atoms with Crippen molar-refractivity contribution in [3.05, 3.63) is 129 Å². The summed E-state index contributed by atoms with van der Waals surface area (Å²) in [5, 5.41) is 1.95. The Labute approximate surface area is 221 Å². The van der Waals surface area contributed by atoms with Gasteiger partial charge in [0.15, 0.2) is 0 Å². The number of rotatable bonds is 2. The molecule has 7 rings (SSSR count). The third-order valence-corrected chi connectivity index (χ3v) is 9.76. The Bertz CT molecular complexity index is 1700. The zero-order valence-corrected chi connectivity index (χ0v) is 22.2. The van der Waals surface area contributed by atoms with Gasteiger partial charge in [-0.3, -0.25) is 0 Å². The molecule has 0 unspecified atom stereocenters. The van der Waals surface area contributed by atoms with E-state index in [2.05, 4.69) is 79.4 Å². The van der Waals surface area contributed by atoms with Gasteiger partial charge in [0.1, 0.15) is 0 Å². The minimum atomic E-state index is -0.175. The number of anilines is 3. The molecule has 0 N–H and O–H groups in total. The predicted octanol–water partition coefficient (Wildman–Crippen LogP) is 7.47. The SMILES string of the molecule is CC1(C)c2ccccc2N(c2ccc(C=C3C(=O)c4cc5ccccc5cc4C3=O)[se]2)c2ccccc21. The molecule has 0 fully saturated rings. The van der Waals surface area contributed by atoms with Gasteiger partial charge in [-0.15, -0.1) is 0 Å². The van der Waals surface area contributed by atoms with Crippen LogP contribution in [0.1, 0.15) is 50.1 Å². The molecule has 0 atom stereocenters. The zero-order valence-electron chi connectivity index (χ0n) is 20.5. The molecule has 0 amide bonds. The number of nitrogens with zero attached hydrogens (tertiary/aromatic N) is 1. The Kier molecular flexibility index (Phi) is 4.81. The van der Waals surface area contributed by atoms with E-state index in [-0.39, 0.29) is 37.1 Å². The van der Waals surface area contributed by atoms with Crippen molar-refractivity contribution in [3.8, 4) is 0 Å². The number of ketones is 2. The summed E-state index contributed by atoms with van der Waals surface area (Å²) in [6, 6.07) is 33.0. The Morgan fingerprint density at radius 2 is 1.19 bits per heavy atom. The Hall–Kier alpha value is -3.98. The molecule has 2 heterocycles. The van der Waals surface area contributed by atoms with Crippen LogP contribution in [-0.2, 0) is 5.41 Å². The molecule has 2 aliphatic rings. The third-order valence-electron chi connectivity index (χ3n) is 7.62. The fourth-order valence-corrected chi connectivity index (χ4v) is 7.78. The first-order valence-electron chi connectivity index (χ1n) is 12.4.